The van der Waals surface area contributed by atoms with Crippen LogP contribution in [0.1, 0.15) is 0 Å². The van der Waals surface area contributed by atoms with Crippen LogP contribution in [0.15, 0.2) is 12.2 Å². The number of nitrogens with two attached hydrogens (primary N) is 1. The summed E-state index contributed by atoms with van der Waals surface area (Å²) in [6.07, 6.45) is 0. The van der Waals surface area contributed by atoms with Crippen LogP contribution < -0.4 is 5.73 Å². The van der Waals surface area contributed by atoms with Crippen LogP contribution in [-0.4, -0.2) is 26.2 Å². The van der Waals surface area contributed by atoms with Crippen molar-refractivity contribution in [2.45, 2.75) is 6.04 Å². The third kappa shape index (κ3) is 4.13. The third-order valence-corrected chi connectivity index (χ3v) is 3.40. The number of hydrogen-bond acceptors (Lipinski definition) is 2. The normalized spacial score (nSPS) is 10.7. The Labute approximate surface area is 59.8 Å². The molecule has 0 aliphatic carbocycles. The Hall–Kier alpha value is -0.396. The van der Waals surface area contributed by atoms with Crippen molar-refractivity contribution in [3.63, 3.8) is 0 Å². The lowest BCUT2D eigenvalue weighted by Crippen LogP contribution is -2.14. The summed E-state index contributed by atoms with van der Waals surface area (Å²) >= 11 is 0. The van der Waals surface area contributed by atoms with Crippen molar-refractivity contribution in [3.8, 4) is 0 Å². The zero-order valence-corrected chi connectivity index (χ0v) is 8.93. The maximum atomic E-state index is 10.3. The van der Waals surface area contributed by atoms with E-state index in [0.717, 1.165) is 10.5 Å². The highest BCUT2D eigenvalue weighted by Gasteiger charge is 1.99. The van der Waals surface area contributed by atoms with E-state index in [4.69, 9.17) is 9.85 Å². The molecule has 0 heterocycles. The van der Waals surface area contributed by atoms with Crippen molar-refractivity contribution in [2.24, 2.45) is 5.73 Å². The molecule has 52 valence electrons. The van der Waals surface area contributed by atoms with Gasteiger partial charge in [-0.1, -0.05) is 6.58 Å². The van der Waals surface area contributed by atoms with Gasteiger partial charge in [0.2, 0.25) is 5.91 Å². The van der Waals surface area contributed by atoms with Gasteiger partial charge in [-0.2, -0.15) is 0 Å². The second kappa shape index (κ2) is 4.48. The first-order valence-electron chi connectivity index (χ1n) is 2.65. The van der Waals surface area contributed by atoms with Gasteiger partial charge in [-0.15, -0.1) is 0 Å². The van der Waals surface area contributed by atoms with Gasteiger partial charge >= 0.3 is 0 Å². The summed E-state index contributed by atoms with van der Waals surface area (Å²) in [5, 5.41) is 0. The van der Waals surface area contributed by atoms with Crippen LogP contribution >= 0.6 is 0 Å². The molecule has 0 bridgehead atoms. The Morgan fingerprint density at radius 1 is 1.89 bits per heavy atom. The molecule has 2 N–H and O–H groups in total. The van der Waals surface area contributed by atoms with E-state index in [0.29, 0.717) is 11.6 Å². The topological polar surface area (TPSA) is 52.3 Å². The highest BCUT2D eigenvalue weighted by molar-refractivity contribution is 6.36. The fourth-order valence-corrected chi connectivity index (χ4v) is 1.66. The van der Waals surface area contributed by atoms with Gasteiger partial charge in [-0.3, -0.25) is 4.79 Å². The van der Waals surface area contributed by atoms with Gasteiger partial charge in [-0.05, 0) is 6.04 Å². The van der Waals surface area contributed by atoms with E-state index in [-0.39, 0.29) is 0 Å². The summed E-state index contributed by atoms with van der Waals surface area (Å²) in [6.45, 7) is 3.49. The molecule has 0 rings (SSSR count). The molecule has 0 radical (unpaired) electrons. The quantitative estimate of drug-likeness (QED) is 0.377. The molecule has 0 aromatic carbocycles. The van der Waals surface area contributed by atoms with Crippen LogP contribution in [0.25, 0.3) is 0 Å². The average Bonchev–Trinajstić information content (AvgIpc) is 1.82. The Balaban J connectivity index is 3.39. The predicted molar refractivity (Wildman–Crippen MR) is 42.7 cm³/mol. The second-order valence-corrected chi connectivity index (χ2v) is 4.93. The lowest BCUT2D eigenvalue weighted by atomic mass is 10.3. The Morgan fingerprint density at radius 3 is 2.78 bits per heavy atom. The number of amides is 1. The lowest BCUT2D eigenvalue weighted by molar-refractivity contribution is -0.114. The second-order valence-electron chi connectivity index (χ2n) is 1.71. The monoisotopic (exact) mass is 161 g/mol. The number of carbonyl (C=O) groups is 1. The van der Waals surface area contributed by atoms with Crippen molar-refractivity contribution in [1.29, 1.82) is 0 Å². The van der Waals surface area contributed by atoms with Crippen molar-refractivity contribution in [3.05, 3.63) is 12.2 Å². The molecular formula is C4H11NO2Si2. The van der Waals surface area contributed by atoms with Gasteiger partial charge in [0.15, 0.2) is 0 Å². The fourth-order valence-electron chi connectivity index (χ4n) is 0.348. The van der Waals surface area contributed by atoms with Gasteiger partial charge in [0.25, 0.3) is 0 Å². The molecule has 0 unspecified atom stereocenters. The standard InChI is InChI=1S/C4H11NO2Si2/c1-3(4(5)6)2-9-7-8/h1-2,9H2,8H3,(H2,5,6). The van der Waals surface area contributed by atoms with Crippen LogP contribution in [0, 0.1) is 0 Å². The highest BCUT2D eigenvalue weighted by atomic mass is 28.3. The van der Waals surface area contributed by atoms with E-state index in [2.05, 4.69) is 6.58 Å². The van der Waals surface area contributed by atoms with Crippen molar-refractivity contribution >= 4 is 26.2 Å². The maximum Gasteiger partial charge on any atom is 0.243 e. The van der Waals surface area contributed by atoms with Crippen molar-refractivity contribution in [1.82, 2.24) is 0 Å². The molecule has 0 spiro atoms. The summed E-state index contributed by atoms with van der Waals surface area (Å²) < 4.78 is 4.97. The van der Waals surface area contributed by atoms with Crippen molar-refractivity contribution in [2.75, 3.05) is 0 Å². The molecule has 1 amide bonds. The van der Waals surface area contributed by atoms with Crippen LogP contribution in [0.2, 0.25) is 6.04 Å². The molecule has 0 atom stereocenters. The minimum absolute atomic E-state index is 0.402. The van der Waals surface area contributed by atoms with Crippen LogP contribution in [0.4, 0.5) is 0 Å². The first kappa shape index (κ1) is 8.60. The molecule has 3 nitrogen and oxygen atoms in total. The first-order chi connectivity index (χ1) is 4.18. The summed E-state index contributed by atoms with van der Waals surface area (Å²) in [7, 11) is 0.252. The average molecular weight is 161 g/mol. The summed E-state index contributed by atoms with van der Waals surface area (Å²) in [5.41, 5.74) is 5.41. The molecule has 0 aromatic heterocycles. The SMILES string of the molecule is C=C(C[SiH2]O[SiH3])C(N)=O. The van der Waals surface area contributed by atoms with E-state index < -0.39 is 15.7 Å². The summed E-state index contributed by atoms with van der Waals surface area (Å²) in [4.78, 5) is 10.3. The van der Waals surface area contributed by atoms with E-state index in [9.17, 15) is 4.79 Å². The molecule has 0 aromatic rings. The number of carbonyl (C=O) groups excluding carboxylic acids is 1. The van der Waals surface area contributed by atoms with E-state index in [1.807, 2.05) is 0 Å². The molecule has 9 heavy (non-hydrogen) atoms. The lowest BCUT2D eigenvalue weighted by Gasteiger charge is -1.96. The van der Waals surface area contributed by atoms with Gasteiger partial charge in [0.05, 0.1) is 0 Å². The number of hydrogen-bond donors (Lipinski definition) is 1. The van der Waals surface area contributed by atoms with E-state index in [1.165, 1.54) is 0 Å². The molecule has 0 aliphatic rings. The zero-order chi connectivity index (χ0) is 7.28. The molecule has 0 saturated heterocycles. The Bertz CT molecular complexity index is 126. The van der Waals surface area contributed by atoms with Gasteiger partial charge in [-0.25, -0.2) is 0 Å². The molecule has 0 fully saturated rings. The van der Waals surface area contributed by atoms with Gasteiger partial charge in [0, 0.05) is 5.57 Å². The van der Waals surface area contributed by atoms with E-state index in [1.54, 1.807) is 0 Å². The third-order valence-electron chi connectivity index (χ3n) is 0.956. The van der Waals surface area contributed by atoms with E-state index >= 15 is 0 Å². The van der Waals surface area contributed by atoms with Crippen LogP contribution in [-0.2, 0) is 8.91 Å². The minimum Gasteiger partial charge on any atom is -0.468 e. The predicted octanol–water partition coefficient (Wildman–Crippen LogP) is -2.17. The summed E-state index contributed by atoms with van der Waals surface area (Å²) in [5.74, 6) is -0.402. The molecule has 5 heteroatoms. The fraction of sp³-hybridized carbons (Fsp3) is 0.250. The molecule has 0 saturated carbocycles. The summed E-state index contributed by atoms with van der Waals surface area (Å²) in [6, 6.07) is 0.693. The Kier molecular flexibility index (Phi) is 4.28. The molecule has 0 aliphatic heterocycles. The number of rotatable bonds is 4. The molecular weight excluding hydrogens is 150 g/mol. The zero-order valence-electron chi connectivity index (χ0n) is 5.52. The van der Waals surface area contributed by atoms with Crippen LogP contribution in [0.3, 0.4) is 0 Å². The Morgan fingerprint density at radius 2 is 2.44 bits per heavy atom. The first-order valence-corrected chi connectivity index (χ1v) is 5.04. The van der Waals surface area contributed by atoms with Crippen molar-refractivity contribution < 1.29 is 8.91 Å². The maximum absolute atomic E-state index is 10.3. The largest absolute Gasteiger partial charge is 0.468 e. The van der Waals surface area contributed by atoms with Gasteiger partial charge in [0.1, 0.15) is 20.2 Å². The van der Waals surface area contributed by atoms with Crippen LogP contribution in [0.5, 0.6) is 0 Å². The smallest absolute Gasteiger partial charge is 0.243 e. The number of primary amides is 1. The van der Waals surface area contributed by atoms with Gasteiger partial charge < -0.3 is 9.85 Å². The minimum atomic E-state index is -0.507. The highest BCUT2D eigenvalue weighted by Crippen LogP contribution is 1.94.